The van der Waals surface area contributed by atoms with Gasteiger partial charge < -0.3 is 25.0 Å². The van der Waals surface area contributed by atoms with Gasteiger partial charge >= 0.3 is 6.03 Å². The van der Waals surface area contributed by atoms with Crippen LogP contribution in [-0.2, 0) is 14.3 Å². The van der Waals surface area contributed by atoms with E-state index in [4.69, 9.17) is 9.47 Å². The molecule has 1 aromatic carbocycles. The molecule has 2 N–H and O–H groups in total. The van der Waals surface area contributed by atoms with E-state index in [1.165, 1.54) is 7.11 Å². The zero-order chi connectivity index (χ0) is 22.1. The molecule has 0 aromatic heterocycles. The van der Waals surface area contributed by atoms with Gasteiger partial charge in [-0.25, -0.2) is 4.79 Å². The predicted molar refractivity (Wildman–Crippen MR) is 113 cm³/mol. The third kappa shape index (κ3) is 6.44. The molecular weight excluding hydrogens is 384 g/mol. The van der Waals surface area contributed by atoms with Crippen LogP contribution in [0.25, 0.3) is 0 Å². The van der Waals surface area contributed by atoms with E-state index in [0.717, 1.165) is 11.1 Å². The van der Waals surface area contributed by atoms with Crippen LogP contribution in [0.5, 0.6) is 0 Å². The molecule has 164 valence electrons. The van der Waals surface area contributed by atoms with Crippen LogP contribution < -0.4 is 10.6 Å². The van der Waals surface area contributed by atoms with Gasteiger partial charge in [-0.3, -0.25) is 4.79 Å². The molecule has 30 heavy (non-hydrogen) atoms. The summed E-state index contributed by atoms with van der Waals surface area (Å²) in [5, 5.41) is 15.3. The summed E-state index contributed by atoms with van der Waals surface area (Å²) in [5.41, 5.74) is 1.81. The molecule has 1 aromatic rings. The lowest BCUT2D eigenvalue weighted by atomic mass is 9.97. The number of ether oxygens (including phenoxy) is 2. The molecule has 0 aliphatic carbocycles. The Morgan fingerprint density at radius 1 is 1.23 bits per heavy atom. The maximum atomic E-state index is 13.0. The van der Waals surface area contributed by atoms with Gasteiger partial charge in [0.25, 0.3) is 0 Å². The van der Waals surface area contributed by atoms with Crippen LogP contribution in [0.1, 0.15) is 37.5 Å². The number of nitrogens with zero attached hydrogens (tertiary/aromatic N) is 2. The van der Waals surface area contributed by atoms with Crippen LogP contribution in [0, 0.1) is 24.2 Å². The van der Waals surface area contributed by atoms with Crippen molar-refractivity contribution in [2.75, 3.05) is 33.4 Å². The second kappa shape index (κ2) is 11.5. The first kappa shape index (κ1) is 23.6. The van der Waals surface area contributed by atoms with Gasteiger partial charge in [0.2, 0.25) is 5.91 Å². The fraction of sp³-hybridized carbons (Fsp3) is 0.591. The topological polar surface area (TPSA) is 104 Å². The number of methoxy groups -OCH3 is 1. The molecule has 1 unspecified atom stereocenters. The standard InChI is InChI=1S/C22H32N4O4/c1-15(2)13-18(25-22(28)26-9-11-30-12-10-26)21(27)24-19(14-23)20(29-4)17-8-6-5-7-16(17)3/h5-8,15,18-20H,9-13H2,1-4H3,(H,24,27)(H,25,28)/t18-,19+,20?/m0/s1. The minimum atomic E-state index is -0.890. The smallest absolute Gasteiger partial charge is 0.318 e. The number of nitriles is 1. The fourth-order valence-corrected chi connectivity index (χ4v) is 3.49. The molecule has 1 aliphatic heterocycles. The number of benzene rings is 1. The molecule has 2 rings (SSSR count). The lowest BCUT2D eigenvalue weighted by Gasteiger charge is -2.30. The number of aryl methyl sites for hydroxylation is 1. The molecule has 3 atom stereocenters. The molecule has 1 heterocycles. The highest BCUT2D eigenvalue weighted by Gasteiger charge is 2.31. The van der Waals surface area contributed by atoms with Gasteiger partial charge in [-0.2, -0.15) is 5.26 Å². The largest absolute Gasteiger partial charge is 0.378 e. The summed E-state index contributed by atoms with van der Waals surface area (Å²) < 4.78 is 10.8. The summed E-state index contributed by atoms with van der Waals surface area (Å²) in [4.78, 5) is 27.3. The van der Waals surface area contributed by atoms with Crippen molar-refractivity contribution in [1.82, 2.24) is 15.5 Å². The number of hydrogen-bond donors (Lipinski definition) is 2. The number of nitrogens with one attached hydrogen (secondary N) is 2. The molecular formula is C22H32N4O4. The van der Waals surface area contributed by atoms with E-state index < -0.39 is 24.1 Å². The monoisotopic (exact) mass is 416 g/mol. The van der Waals surface area contributed by atoms with Crippen molar-refractivity contribution in [1.29, 1.82) is 5.26 Å². The number of rotatable bonds is 8. The van der Waals surface area contributed by atoms with Crippen molar-refractivity contribution in [3.8, 4) is 6.07 Å². The fourth-order valence-electron chi connectivity index (χ4n) is 3.49. The van der Waals surface area contributed by atoms with Gasteiger partial charge in [0.1, 0.15) is 18.2 Å². The molecule has 1 fully saturated rings. The van der Waals surface area contributed by atoms with E-state index in [2.05, 4.69) is 16.7 Å². The Bertz CT molecular complexity index is 756. The summed E-state index contributed by atoms with van der Waals surface area (Å²) in [6, 6.07) is 7.80. The third-order valence-corrected chi connectivity index (χ3v) is 5.11. The number of carbonyl (C=O) groups is 2. The summed E-state index contributed by atoms with van der Waals surface area (Å²) in [6.45, 7) is 7.83. The first-order chi connectivity index (χ1) is 14.4. The van der Waals surface area contributed by atoms with Gasteiger partial charge in [0, 0.05) is 20.2 Å². The average Bonchev–Trinajstić information content (AvgIpc) is 2.74. The Morgan fingerprint density at radius 3 is 2.47 bits per heavy atom. The second-order valence-corrected chi connectivity index (χ2v) is 7.86. The Hall–Kier alpha value is -2.63. The Kier molecular flexibility index (Phi) is 9.09. The van der Waals surface area contributed by atoms with Crippen LogP contribution in [0.15, 0.2) is 24.3 Å². The lowest BCUT2D eigenvalue weighted by molar-refractivity contribution is -0.124. The van der Waals surface area contributed by atoms with Crippen LogP contribution in [-0.4, -0.2) is 62.3 Å². The van der Waals surface area contributed by atoms with Gasteiger partial charge in [0.05, 0.1) is 19.3 Å². The Labute approximate surface area is 178 Å². The molecule has 8 heteroatoms. The minimum Gasteiger partial charge on any atom is -0.378 e. The first-order valence-corrected chi connectivity index (χ1v) is 10.3. The summed E-state index contributed by atoms with van der Waals surface area (Å²) in [7, 11) is 1.51. The van der Waals surface area contributed by atoms with E-state index in [1.54, 1.807) is 4.90 Å². The molecule has 0 radical (unpaired) electrons. The van der Waals surface area contributed by atoms with Gasteiger partial charge in [0.15, 0.2) is 0 Å². The van der Waals surface area contributed by atoms with Crippen LogP contribution in [0.2, 0.25) is 0 Å². The number of amides is 3. The molecule has 1 aliphatic rings. The van der Waals surface area contributed by atoms with E-state index in [1.807, 2.05) is 45.0 Å². The van der Waals surface area contributed by atoms with Crippen molar-refractivity contribution in [2.45, 2.75) is 45.4 Å². The zero-order valence-electron chi connectivity index (χ0n) is 18.2. The van der Waals surface area contributed by atoms with Gasteiger partial charge in [-0.15, -0.1) is 0 Å². The number of carbonyl (C=O) groups excluding carboxylic acids is 2. The highest BCUT2D eigenvalue weighted by Crippen LogP contribution is 2.24. The maximum absolute atomic E-state index is 13.0. The minimum absolute atomic E-state index is 0.181. The van der Waals surface area contributed by atoms with Crippen LogP contribution >= 0.6 is 0 Å². The van der Waals surface area contributed by atoms with Crippen molar-refractivity contribution < 1.29 is 19.1 Å². The summed E-state index contributed by atoms with van der Waals surface area (Å²) in [6.07, 6.45) is -0.156. The number of urea groups is 1. The van der Waals surface area contributed by atoms with Crippen molar-refractivity contribution in [2.24, 2.45) is 5.92 Å². The van der Waals surface area contributed by atoms with Crippen LogP contribution in [0.4, 0.5) is 4.79 Å². The molecule has 3 amide bonds. The molecule has 0 bridgehead atoms. The van der Waals surface area contributed by atoms with Crippen molar-refractivity contribution in [3.63, 3.8) is 0 Å². The first-order valence-electron chi connectivity index (χ1n) is 10.3. The van der Waals surface area contributed by atoms with E-state index in [0.29, 0.717) is 32.7 Å². The number of hydrogen-bond acceptors (Lipinski definition) is 5. The molecule has 1 saturated heterocycles. The Balaban J connectivity index is 2.12. The average molecular weight is 417 g/mol. The maximum Gasteiger partial charge on any atom is 0.318 e. The van der Waals surface area contributed by atoms with Gasteiger partial charge in [-0.05, 0) is 30.4 Å². The van der Waals surface area contributed by atoms with E-state index in [-0.39, 0.29) is 11.9 Å². The Morgan fingerprint density at radius 2 is 1.90 bits per heavy atom. The molecule has 0 saturated carbocycles. The quantitative estimate of drug-likeness (QED) is 0.676. The van der Waals surface area contributed by atoms with Crippen molar-refractivity contribution in [3.05, 3.63) is 35.4 Å². The van der Waals surface area contributed by atoms with Crippen molar-refractivity contribution >= 4 is 11.9 Å². The van der Waals surface area contributed by atoms with E-state index in [9.17, 15) is 14.9 Å². The highest BCUT2D eigenvalue weighted by atomic mass is 16.5. The SMILES string of the molecule is COC(c1ccccc1C)[C@@H](C#N)NC(=O)[C@H](CC(C)C)NC(=O)N1CCOCC1. The normalized spacial score (nSPS) is 17.0. The van der Waals surface area contributed by atoms with Crippen LogP contribution in [0.3, 0.4) is 0 Å². The summed E-state index contributed by atoms with van der Waals surface area (Å²) >= 11 is 0. The third-order valence-electron chi connectivity index (χ3n) is 5.11. The lowest BCUT2D eigenvalue weighted by Crippen LogP contribution is -2.55. The van der Waals surface area contributed by atoms with E-state index >= 15 is 0 Å². The van der Waals surface area contributed by atoms with Gasteiger partial charge in [-0.1, -0.05) is 38.1 Å². The predicted octanol–water partition coefficient (Wildman–Crippen LogP) is 2.15. The molecule has 8 nitrogen and oxygen atoms in total. The molecule has 0 spiro atoms. The zero-order valence-corrected chi connectivity index (χ0v) is 18.2. The second-order valence-electron chi connectivity index (χ2n) is 7.86. The summed E-state index contributed by atoms with van der Waals surface area (Å²) in [5.74, 6) is -0.214. The number of morpholine rings is 1. The highest BCUT2D eigenvalue weighted by molar-refractivity contribution is 5.87.